The molecule has 1 aromatic carbocycles. The third-order valence-corrected chi connectivity index (χ3v) is 3.82. The van der Waals surface area contributed by atoms with E-state index in [4.69, 9.17) is 14.6 Å². The molecule has 0 saturated heterocycles. The highest BCUT2D eigenvalue weighted by Crippen LogP contribution is 2.35. The Labute approximate surface area is 117 Å². The Kier molecular flexibility index (Phi) is 4.27. The van der Waals surface area contributed by atoms with Gasteiger partial charge in [-0.25, -0.2) is 0 Å². The van der Waals surface area contributed by atoms with Crippen molar-refractivity contribution in [3.05, 3.63) is 23.8 Å². The van der Waals surface area contributed by atoms with Crippen LogP contribution in [0.5, 0.6) is 11.5 Å². The van der Waals surface area contributed by atoms with E-state index in [1.807, 2.05) is 0 Å². The largest absolute Gasteiger partial charge is 0.493 e. The average Bonchev–Trinajstić information content (AvgIpc) is 2.95. The first-order valence-corrected chi connectivity index (χ1v) is 6.55. The van der Waals surface area contributed by atoms with Crippen molar-refractivity contribution in [1.82, 2.24) is 0 Å². The second kappa shape index (κ2) is 5.94. The minimum Gasteiger partial charge on any atom is -0.493 e. The van der Waals surface area contributed by atoms with Crippen LogP contribution in [0.4, 0.5) is 0 Å². The number of hydrogen-bond donors (Lipinski definition) is 1. The van der Waals surface area contributed by atoms with Crippen molar-refractivity contribution in [1.29, 1.82) is 0 Å². The lowest BCUT2D eigenvalue weighted by molar-refractivity contribution is -0.141. The molecule has 2 atom stereocenters. The van der Waals surface area contributed by atoms with Crippen LogP contribution in [0.1, 0.15) is 29.6 Å². The SMILES string of the molecule is COc1ccc(C(=O)C2CCC(C(=O)O)C2)cc1OC. The Morgan fingerprint density at radius 3 is 2.30 bits per heavy atom. The second-order valence-electron chi connectivity index (χ2n) is 4.98. The molecule has 0 bridgehead atoms. The van der Waals surface area contributed by atoms with Crippen LogP contribution >= 0.6 is 0 Å². The summed E-state index contributed by atoms with van der Waals surface area (Å²) in [5, 5.41) is 8.99. The fraction of sp³-hybridized carbons (Fsp3) is 0.467. The second-order valence-corrected chi connectivity index (χ2v) is 4.98. The van der Waals surface area contributed by atoms with E-state index in [1.165, 1.54) is 14.2 Å². The van der Waals surface area contributed by atoms with E-state index in [0.29, 0.717) is 36.3 Å². The lowest BCUT2D eigenvalue weighted by Crippen LogP contribution is -2.14. The Hall–Kier alpha value is -2.04. The van der Waals surface area contributed by atoms with Gasteiger partial charge in [0, 0.05) is 11.5 Å². The summed E-state index contributed by atoms with van der Waals surface area (Å²) >= 11 is 0. The number of benzene rings is 1. The number of carbonyl (C=O) groups excluding carboxylic acids is 1. The van der Waals surface area contributed by atoms with Crippen molar-refractivity contribution in [3.8, 4) is 11.5 Å². The summed E-state index contributed by atoms with van der Waals surface area (Å²) in [6.45, 7) is 0. The number of Topliss-reactive ketones (excluding diaryl/α,β-unsaturated/α-hetero) is 1. The monoisotopic (exact) mass is 278 g/mol. The van der Waals surface area contributed by atoms with Gasteiger partial charge in [-0.1, -0.05) is 0 Å². The number of carbonyl (C=O) groups is 2. The van der Waals surface area contributed by atoms with Crippen molar-refractivity contribution >= 4 is 11.8 Å². The van der Waals surface area contributed by atoms with E-state index in [-0.39, 0.29) is 11.7 Å². The molecule has 2 rings (SSSR count). The molecule has 0 heterocycles. The zero-order valence-electron chi connectivity index (χ0n) is 11.6. The van der Waals surface area contributed by atoms with Crippen LogP contribution in [0.25, 0.3) is 0 Å². The van der Waals surface area contributed by atoms with Crippen molar-refractivity contribution in [3.63, 3.8) is 0 Å². The highest BCUT2D eigenvalue weighted by Gasteiger charge is 2.34. The van der Waals surface area contributed by atoms with E-state index >= 15 is 0 Å². The van der Waals surface area contributed by atoms with Crippen LogP contribution in [-0.4, -0.2) is 31.1 Å². The van der Waals surface area contributed by atoms with E-state index in [1.54, 1.807) is 18.2 Å². The van der Waals surface area contributed by atoms with Gasteiger partial charge < -0.3 is 14.6 Å². The van der Waals surface area contributed by atoms with Crippen LogP contribution in [0, 0.1) is 11.8 Å². The predicted octanol–water partition coefficient (Wildman–Crippen LogP) is 2.39. The number of rotatable bonds is 5. The lowest BCUT2D eigenvalue weighted by atomic mass is 9.95. The summed E-state index contributed by atoms with van der Waals surface area (Å²) in [7, 11) is 3.05. The normalized spacial score (nSPS) is 21.5. The molecule has 108 valence electrons. The average molecular weight is 278 g/mol. The molecule has 5 heteroatoms. The smallest absolute Gasteiger partial charge is 0.306 e. The number of carboxylic acids is 1. The van der Waals surface area contributed by atoms with Crippen LogP contribution in [0.2, 0.25) is 0 Å². The van der Waals surface area contributed by atoms with Gasteiger partial charge in [0.2, 0.25) is 0 Å². The molecule has 20 heavy (non-hydrogen) atoms. The maximum atomic E-state index is 12.4. The van der Waals surface area contributed by atoms with Crippen molar-refractivity contribution in [2.75, 3.05) is 14.2 Å². The number of carboxylic acid groups (broad SMARTS) is 1. The molecule has 0 radical (unpaired) electrons. The fourth-order valence-corrected chi connectivity index (χ4v) is 2.67. The van der Waals surface area contributed by atoms with Gasteiger partial charge in [-0.3, -0.25) is 9.59 Å². The van der Waals surface area contributed by atoms with Gasteiger partial charge in [0.25, 0.3) is 0 Å². The van der Waals surface area contributed by atoms with Crippen LogP contribution in [0.15, 0.2) is 18.2 Å². The first-order valence-electron chi connectivity index (χ1n) is 6.55. The Morgan fingerprint density at radius 1 is 1.10 bits per heavy atom. The van der Waals surface area contributed by atoms with Crippen LogP contribution < -0.4 is 9.47 Å². The van der Waals surface area contributed by atoms with Gasteiger partial charge >= 0.3 is 5.97 Å². The molecule has 5 nitrogen and oxygen atoms in total. The molecule has 0 spiro atoms. The first kappa shape index (κ1) is 14.4. The van der Waals surface area contributed by atoms with Gasteiger partial charge in [0.15, 0.2) is 17.3 Å². The summed E-state index contributed by atoms with van der Waals surface area (Å²) in [5.41, 5.74) is 0.540. The zero-order valence-corrected chi connectivity index (χ0v) is 11.6. The quantitative estimate of drug-likeness (QED) is 0.837. The van der Waals surface area contributed by atoms with E-state index in [0.717, 1.165) is 0 Å². The van der Waals surface area contributed by atoms with E-state index in [2.05, 4.69) is 0 Å². The minimum atomic E-state index is -0.812. The molecular weight excluding hydrogens is 260 g/mol. The Morgan fingerprint density at radius 2 is 1.75 bits per heavy atom. The van der Waals surface area contributed by atoms with Gasteiger partial charge in [0.1, 0.15) is 0 Å². The number of methoxy groups -OCH3 is 2. The zero-order chi connectivity index (χ0) is 14.7. The summed E-state index contributed by atoms with van der Waals surface area (Å²) in [5.74, 6) is -0.370. The molecule has 1 fully saturated rings. The standard InChI is InChI=1S/C15H18O5/c1-19-12-6-5-10(8-13(12)20-2)14(16)9-3-4-11(7-9)15(17)18/h5-6,8-9,11H,3-4,7H2,1-2H3,(H,17,18). The van der Waals surface area contributed by atoms with Crippen molar-refractivity contribution in [2.24, 2.45) is 11.8 Å². The lowest BCUT2D eigenvalue weighted by Gasteiger charge is -2.12. The van der Waals surface area contributed by atoms with Crippen molar-refractivity contribution in [2.45, 2.75) is 19.3 Å². The number of aliphatic carboxylic acids is 1. The third-order valence-electron chi connectivity index (χ3n) is 3.82. The molecule has 0 aliphatic heterocycles. The first-order chi connectivity index (χ1) is 9.56. The molecule has 1 N–H and O–H groups in total. The van der Waals surface area contributed by atoms with Gasteiger partial charge in [-0.15, -0.1) is 0 Å². The summed E-state index contributed by atoms with van der Waals surface area (Å²) in [6.07, 6.45) is 1.62. The maximum Gasteiger partial charge on any atom is 0.306 e. The number of ketones is 1. The summed E-state index contributed by atoms with van der Waals surface area (Å²) < 4.78 is 10.3. The van der Waals surface area contributed by atoms with Gasteiger partial charge in [-0.2, -0.15) is 0 Å². The molecule has 1 aliphatic rings. The van der Waals surface area contributed by atoms with Gasteiger partial charge in [0.05, 0.1) is 20.1 Å². The Bertz CT molecular complexity index is 523. The van der Waals surface area contributed by atoms with E-state index in [9.17, 15) is 9.59 Å². The van der Waals surface area contributed by atoms with E-state index < -0.39 is 11.9 Å². The molecular formula is C15H18O5. The number of hydrogen-bond acceptors (Lipinski definition) is 4. The molecule has 1 aliphatic carbocycles. The topological polar surface area (TPSA) is 72.8 Å². The third kappa shape index (κ3) is 2.76. The molecule has 2 unspecified atom stereocenters. The van der Waals surface area contributed by atoms with Crippen molar-refractivity contribution < 1.29 is 24.2 Å². The highest BCUT2D eigenvalue weighted by molar-refractivity contribution is 5.99. The molecule has 1 saturated carbocycles. The van der Waals surface area contributed by atoms with Crippen LogP contribution in [-0.2, 0) is 4.79 Å². The fourth-order valence-electron chi connectivity index (χ4n) is 2.67. The van der Waals surface area contributed by atoms with Gasteiger partial charge in [-0.05, 0) is 37.5 Å². The summed E-state index contributed by atoms with van der Waals surface area (Å²) in [4.78, 5) is 23.3. The molecule has 0 aromatic heterocycles. The number of ether oxygens (including phenoxy) is 2. The predicted molar refractivity (Wildman–Crippen MR) is 72.3 cm³/mol. The summed E-state index contributed by atoms with van der Waals surface area (Å²) in [6, 6.07) is 5.03. The highest BCUT2D eigenvalue weighted by atomic mass is 16.5. The van der Waals surface area contributed by atoms with Crippen LogP contribution in [0.3, 0.4) is 0 Å². The minimum absolute atomic E-state index is 0.0188. The maximum absolute atomic E-state index is 12.4. The Balaban J connectivity index is 2.16. The molecule has 0 amide bonds. The molecule has 1 aromatic rings.